The molecule has 1 aromatic carbocycles. The number of unbranched alkanes of at least 4 members (excludes halogenated alkanes) is 1. The lowest BCUT2D eigenvalue weighted by atomic mass is 10.0. The summed E-state index contributed by atoms with van der Waals surface area (Å²) in [5.74, 6) is 0.323. The monoisotopic (exact) mass is 273 g/mol. The minimum Gasteiger partial charge on any atom is -0.508 e. The third kappa shape index (κ3) is 4.38. The first-order chi connectivity index (χ1) is 9.79. The van der Waals surface area contributed by atoms with Crippen molar-refractivity contribution >= 4 is 0 Å². The van der Waals surface area contributed by atoms with E-state index in [-0.39, 0.29) is 0 Å². The molecule has 1 unspecified atom stereocenters. The predicted octanol–water partition coefficient (Wildman–Crippen LogP) is 3.11. The number of phenolic OH excluding ortho intramolecular Hbond substituents is 1. The number of nitrogens with one attached hydrogen (secondary N) is 1. The first kappa shape index (κ1) is 14.6. The first-order valence-electron chi connectivity index (χ1n) is 7.27. The van der Waals surface area contributed by atoms with Crippen LogP contribution >= 0.6 is 0 Å². The number of imidazole rings is 1. The largest absolute Gasteiger partial charge is 0.508 e. The van der Waals surface area contributed by atoms with Crippen molar-refractivity contribution in [1.29, 1.82) is 0 Å². The van der Waals surface area contributed by atoms with Crippen molar-refractivity contribution in [2.75, 3.05) is 6.54 Å². The molecular formula is C16H23N3O. The molecule has 1 aromatic heterocycles. The van der Waals surface area contributed by atoms with Crippen molar-refractivity contribution in [1.82, 2.24) is 14.9 Å². The molecule has 0 radical (unpaired) electrons. The van der Waals surface area contributed by atoms with E-state index < -0.39 is 0 Å². The van der Waals surface area contributed by atoms with Gasteiger partial charge in [0.05, 0.1) is 6.33 Å². The zero-order valence-electron chi connectivity index (χ0n) is 12.0. The highest BCUT2D eigenvalue weighted by Crippen LogP contribution is 2.19. The molecule has 4 nitrogen and oxygen atoms in total. The van der Waals surface area contributed by atoms with Crippen LogP contribution in [0.15, 0.2) is 43.0 Å². The Labute approximate surface area is 120 Å². The van der Waals surface area contributed by atoms with Gasteiger partial charge in [-0.2, -0.15) is 0 Å². The summed E-state index contributed by atoms with van der Waals surface area (Å²) in [5.41, 5.74) is 1.24. The maximum Gasteiger partial charge on any atom is 0.115 e. The molecule has 2 aromatic rings. The van der Waals surface area contributed by atoms with Crippen molar-refractivity contribution in [3.8, 4) is 5.75 Å². The SMILES string of the molecule is CCC(NCCCCn1ccnc1)c1ccc(O)cc1. The second-order valence-corrected chi connectivity index (χ2v) is 5.01. The maximum atomic E-state index is 9.32. The van der Waals surface area contributed by atoms with Crippen LogP contribution in [0.2, 0.25) is 0 Å². The smallest absolute Gasteiger partial charge is 0.115 e. The fourth-order valence-corrected chi connectivity index (χ4v) is 2.32. The minimum absolute atomic E-state index is 0.323. The van der Waals surface area contributed by atoms with Gasteiger partial charge in [0.25, 0.3) is 0 Å². The van der Waals surface area contributed by atoms with E-state index in [1.807, 2.05) is 30.9 Å². The maximum absolute atomic E-state index is 9.32. The summed E-state index contributed by atoms with van der Waals surface area (Å²) < 4.78 is 2.11. The van der Waals surface area contributed by atoms with Crippen molar-refractivity contribution in [3.63, 3.8) is 0 Å². The van der Waals surface area contributed by atoms with Crippen LogP contribution in [0.4, 0.5) is 0 Å². The lowest BCUT2D eigenvalue weighted by Crippen LogP contribution is -2.22. The van der Waals surface area contributed by atoms with Crippen molar-refractivity contribution in [3.05, 3.63) is 48.5 Å². The van der Waals surface area contributed by atoms with E-state index in [4.69, 9.17) is 0 Å². The summed E-state index contributed by atoms with van der Waals surface area (Å²) in [6, 6.07) is 7.84. The highest BCUT2D eigenvalue weighted by molar-refractivity contribution is 5.27. The zero-order valence-corrected chi connectivity index (χ0v) is 12.0. The minimum atomic E-state index is 0.323. The van der Waals surface area contributed by atoms with Crippen LogP contribution in [0.1, 0.15) is 37.8 Å². The van der Waals surface area contributed by atoms with Gasteiger partial charge in [0, 0.05) is 25.0 Å². The number of rotatable bonds is 8. The number of hydrogen-bond acceptors (Lipinski definition) is 3. The van der Waals surface area contributed by atoms with Crippen LogP contribution in [0.5, 0.6) is 5.75 Å². The molecule has 4 heteroatoms. The van der Waals surface area contributed by atoms with Crippen LogP contribution in [-0.4, -0.2) is 21.2 Å². The Kier molecular flexibility index (Phi) is 5.62. The summed E-state index contributed by atoms with van der Waals surface area (Å²) in [6.45, 7) is 4.21. The zero-order chi connectivity index (χ0) is 14.2. The van der Waals surface area contributed by atoms with E-state index in [0.29, 0.717) is 11.8 Å². The van der Waals surface area contributed by atoms with Gasteiger partial charge < -0.3 is 15.0 Å². The Morgan fingerprint density at radius 1 is 1.25 bits per heavy atom. The molecule has 0 saturated heterocycles. The van der Waals surface area contributed by atoms with Gasteiger partial charge in [-0.05, 0) is 43.5 Å². The number of hydrogen-bond donors (Lipinski definition) is 2. The van der Waals surface area contributed by atoms with Gasteiger partial charge in [-0.3, -0.25) is 0 Å². The lowest BCUT2D eigenvalue weighted by molar-refractivity contribution is 0.471. The van der Waals surface area contributed by atoms with E-state index in [9.17, 15) is 5.11 Å². The van der Waals surface area contributed by atoms with Crippen molar-refractivity contribution in [2.45, 2.75) is 38.8 Å². The normalized spacial score (nSPS) is 12.4. The second-order valence-electron chi connectivity index (χ2n) is 5.01. The summed E-state index contributed by atoms with van der Waals surface area (Å²) in [6.07, 6.45) is 9.02. The topological polar surface area (TPSA) is 50.1 Å². The molecule has 0 bridgehead atoms. The van der Waals surface area contributed by atoms with Crippen LogP contribution < -0.4 is 5.32 Å². The van der Waals surface area contributed by atoms with Gasteiger partial charge >= 0.3 is 0 Å². The molecule has 2 N–H and O–H groups in total. The Morgan fingerprint density at radius 3 is 2.70 bits per heavy atom. The summed E-state index contributed by atoms with van der Waals surface area (Å²) >= 11 is 0. The molecule has 0 aliphatic rings. The predicted molar refractivity (Wildman–Crippen MR) is 80.6 cm³/mol. The molecule has 108 valence electrons. The molecule has 0 amide bonds. The molecule has 1 heterocycles. The van der Waals surface area contributed by atoms with Crippen LogP contribution in [-0.2, 0) is 6.54 Å². The molecular weight excluding hydrogens is 250 g/mol. The lowest BCUT2D eigenvalue weighted by Gasteiger charge is -2.17. The number of phenols is 1. The van der Waals surface area contributed by atoms with E-state index in [1.54, 1.807) is 12.1 Å². The van der Waals surface area contributed by atoms with E-state index in [0.717, 1.165) is 32.4 Å². The fourth-order valence-electron chi connectivity index (χ4n) is 2.32. The number of aromatic nitrogens is 2. The average Bonchev–Trinajstić information content (AvgIpc) is 2.97. The van der Waals surface area contributed by atoms with Crippen LogP contribution in [0.25, 0.3) is 0 Å². The summed E-state index contributed by atoms with van der Waals surface area (Å²) in [7, 11) is 0. The molecule has 20 heavy (non-hydrogen) atoms. The van der Waals surface area contributed by atoms with Gasteiger partial charge in [0.1, 0.15) is 5.75 Å². The average molecular weight is 273 g/mol. The molecule has 1 atom stereocenters. The Bertz CT molecular complexity index is 479. The van der Waals surface area contributed by atoms with Crippen molar-refractivity contribution < 1.29 is 5.11 Å². The highest BCUT2D eigenvalue weighted by atomic mass is 16.3. The van der Waals surface area contributed by atoms with E-state index in [1.165, 1.54) is 5.56 Å². The third-order valence-electron chi connectivity index (χ3n) is 3.50. The molecule has 0 fully saturated rings. The first-order valence-corrected chi connectivity index (χ1v) is 7.27. The molecule has 0 aliphatic carbocycles. The third-order valence-corrected chi connectivity index (χ3v) is 3.50. The Hall–Kier alpha value is -1.81. The molecule has 0 saturated carbocycles. The molecule has 2 rings (SSSR count). The standard InChI is InChI=1S/C16H23N3O/c1-2-16(14-5-7-15(20)8-6-14)18-9-3-4-11-19-12-10-17-13-19/h5-8,10,12-13,16,18,20H,2-4,9,11H2,1H3. The summed E-state index contributed by atoms with van der Waals surface area (Å²) in [4.78, 5) is 4.04. The second kappa shape index (κ2) is 7.70. The number of benzene rings is 1. The quantitative estimate of drug-likeness (QED) is 0.727. The number of aryl methyl sites for hydroxylation is 1. The number of nitrogens with zero attached hydrogens (tertiary/aromatic N) is 2. The van der Waals surface area contributed by atoms with Gasteiger partial charge in [-0.25, -0.2) is 4.98 Å². The summed E-state index contributed by atoms with van der Waals surface area (Å²) in [5, 5.41) is 12.9. The van der Waals surface area contributed by atoms with E-state index >= 15 is 0 Å². The van der Waals surface area contributed by atoms with Gasteiger partial charge in [0.15, 0.2) is 0 Å². The Morgan fingerprint density at radius 2 is 2.05 bits per heavy atom. The fraction of sp³-hybridized carbons (Fsp3) is 0.438. The number of aromatic hydroxyl groups is 1. The van der Waals surface area contributed by atoms with Crippen molar-refractivity contribution in [2.24, 2.45) is 0 Å². The van der Waals surface area contributed by atoms with Crippen LogP contribution in [0.3, 0.4) is 0 Å². The molecule has 0 spiro atoms. The van der Waals surface area contributed by atoms with Gasteiger partial charge in [0.2, 0.25) is 0 Å². The van der Waals surface area contributed by atoms with Gasteiger partial charge in [-0.15, -0.1) is 0 Å². The van der Waals surface area contributed by atoms with E-state index in [2.05, 4.69) is 21.8 Å². The molecule has 0 aliphatic heterocycles. The highest BCUT2D eigenvalue weighted by Gasteiger charge is 2.07. The van der Waals surface area contributed by atoms with Crippen LogP contribution in [0, 0.1) is 0 Å². The Balaban J connectivity index is 1.70. The van der Waals surface area contributed by atoms with Gasteiger partial charge in [-0.1, -0.05) is 19.1 Å².